The predicted octanol–water partition coefficient (Wildman–Crippen LogP) is 2.57. The fourth-order valence-corrected chi connectivity index (χ4v) is 2.29. The minimum absolute atomic E-state index is 0.110. The second-order valence-corrected chi connectivity index (χ2v) is 4.54. The van der Waals surface area contributed by atoms with E-state index in [0.717, 1.165) is 12.8 Å². The highest BCUT2D eigenvalue weighted by Crippen LogP contribution is 2.37. The van der Waals surface area contributed by atoms with Crippen molar-refractivity contribution in [2.24, 2.45) is 5.92 Å². The second kappa shape index (κ2) is 4.79. The number of hydrogen-bond acceptors (Lipinski definition) is 2. The van der Waals surface area contributed by atoms with Crippen LogP contribution in [-0.4, -0.2) is 19.5 Å². The lowest BCUT2D eigenvalue weighted by molar-refractivity contribution is -0.124. The summed E-state index contributed by atoms with van der Waals surface area (Å²) in [7, 11) is 1.68. The van der Waals surface area contributed by atoms with Crippen LogP contribution < -0.4 is 0 Å². The maximum Gasteiger partial charge on any atom is 0.143 e. The third kappa shape index (κ3) is 2.03. The van der Waals surface area contributed by atoms with Gasteiger partial charge < -0.3 is 4.74 Å². The molecule has 0 radical (unpaired) electrons. The number of carbonyl (C=O) groups excluding carboxylic acids is 1. The molecule has 86 valence electrons. The largest absolute Gasteiger partial charge is 0.385 e. The first-order valence-electron chi connectivity index (χ1n) is 5.84. The lowest BCUT2D eigenvalue weighted by Crippen LogP contribution is -2.29. The topological polar surface area (TPSA) is 26.3 Å². The number of fused-ring (bicyclic) bond motifs is 1. The van der Waals surface area contributed by atoms with Crippen LogP contribution in [0.3, 0.4) is 0 Å². The SMILES string of the molecule is COCCC(C)C(=O)C1Cc2ccccc21. The number of benzene rings is 1. The van der Waals surface area contributed by atoms with E-state index in [-0.39, 0.29) is 11.8 Å². The smallest absolute Gasteiger partial charge is 0.143 e. The molecule has 0 heterocycles. The minimum atomic E-state index is 0.110. The summed E-state index contributed by atoms with van der Waals surface area (Å²) in [4.78, 5) is 12.1. The minimum Gasteiger partial charge on any atom is -0.385 e. The van der Waals surface area contributed by atoms with Gasteiger partial charge in [-0.3, -0.25) is 4.79 Å². The molecule has 0 saturated carbocycles. The van der Waals surface area contributed by atoms with Crippen LogP contribution in [0.2, 0.25) is 0 Å². The lowest BCUT2D eigenvalue weighted by Gasteiger charge is -2.30. The Kier molecular flexibility index (Phi) is 3.39. The summed E-state index contributed by atoms with van der Waals surface area (Å²) in [5, 5.41) is 0. The molecule has 2 nitrogen and oxygen atoms in total. The van der Waals surface area contributed by atoms with E-state index >= 15 is 0 Å². The highest BCUT2D eigenvalue weighted by molar-refractivity contribution is 5.90. The van der Waals surface area contributed by atoms with Crippen LogP contribution in [0.1, 0.15) is 30.4 Å². The quantitative estimate of drug-likeness (QED) is 0.759. The fraction of sp³-hybridized carbons (Fsp3) is 0.500. The molecule has 0 aromatic heterocycles. The molecule has 2 unspecified atom stereocenters. The summed E-state index contributed by atoms with van der Waals surface area (Å²) >= 11 is 0. The molecule has 0 aliphatic heterocycles. The number of methoxy groups -OCH3 is 1. The van der Waals surface area contributed by atoms with E-state index < -0.39 is 0 Å². The summed E-state index contributed by atoms with van der Waals surface area (Å²) in [5.41, 5.74) is 2.57. The standard InChI is InChI=1S/C14H18O2/c1-10(7-8-16-2)14(15)13-9-11-5-3-4-6-12(11)13/h3-6,10,13H,7-9H2,1-2H3. The molecule has 0 amide bonds. The second-order valence-electron chi connectivity index (χ2n) is 4.54. The molecule has 2 rings (SSSR count). The van der Waals surface area contributed by atoms with Gasteiger partial charge in [-0.05, 0) is 24.0 Å². The van der Waals surface area contributed by atoms with E-state index in [4.69, 9.17) is 4.74 Å². The van der Waals surface area contributed by atoms with Crippen molar-refractivity contribution in [3.8, 4) is 0 Å². The maximum absolute atomic E-state index is 12.1. The average Bonchev–Trinajstić information content (AvgIpc) is 2.27. The van der Waals surface area contributed by atoms with E-state index in [9.17, 15) is 4.79 Å². The van der Waals surface area contributed by atoms with Crippen molar-refractivity contribution in [3.05, 3.63) is 35.4 Å². The Hall–Kier alpha value is -1.15. The van der Waals surface area contributed by atoms with E-state index in [1.54, 1.807) is 7.11 Å². The van der Waals surface area contributed by atoms with Gasteiger partial charge in [0.25, 0.3) is 0 Å². The van der Waals surface area contributed by atoms with Crippen LogP contribution >= 0.6 is 0 Å². The van der Waals surface area contributed by atoms with Crippen LogP contribution in [0.5, 0.6) is 0 Å². The van der Waals surface area contributed by atoms with Crippen LogP contribution in [0, 0.1) is 5.92 Å². The van der Waals surface area contributed by atoms with Gasteiger partial charge >= 0.3 is 0 Å². The zero-order valence-electron chi connectivity index (χ0n) is 9.90. The molecule has 2 heteroatoms. The van der Waals surface area contributed by atoms with Gasteiger partial charge in [0.05, 0.1) is 0 Å². The highest BCUT2D eigenvalue weighted by Gasteiger charge is 2.33. The lowest BCUT2D eigenvalue weighted by atomic mass is 9.72. The Morgan fingerprint density at radius 2 is 2.25 bits per heavy atom. The molecule has 1 aliphatic rings. The molecular formula is C14H18O2. The molecular weight excluding hydrogens is 200 g/mol. The van der Waals surface area contributed by atoms with Crippen LogP contribution in [0.15, 0.2) is 24.3 Å². The van der Waals surface area contributed by atoms with Gasteiger partial charge in [0.2, 0.25) is 0 Å². The summed E-state index contributed by atoms with van der Waals surface area (Å²) in [6.45, 7) is 2.67. The number of ether oxygens (including phenoxy) is 1. The zero-order valence-corrected chi connectivity index (χ0v) is 9.90. The average molecular weight is 218 g/mol. The molecule has 1 aromatic carbocycles. The Balaban J connectivity index is 1.98. The first-order valence-corrected chi connectivity index (χ1v) is 5.84. The predicted molar refractivity (Wildman–Crippen MR) is 63.6 cm³/mol. The van der Waals surface area contributed by atoms with Gasteiger partial charge in [-0.25, -0.2) is 0 Å². The molecule has 0 spiro atoms. The Morgan fingerprint density at radius 1 is 1.50 bits per heavy atom. The molecule has 0 N–H and O–H groups in total. The Bertz CT molecular complexity index is 384. The fourth-order valence-electron chi connectivity index (χ4n) is 2.29. The molecule has 2 atom stereocenters. The summed E-state index contributed by atoms with van der Waals surface area (Å²) in [6, 6.07) is 8.23. The molecule has 0 fully saturated rings. The number of ketones is 1. The van der Waals surface area contributed by atoms with Gasteiger partial charge in [0, 0.05) is 25.6 Å². The van der Waals surface area contributed by atoms with Crippen LogP contribution in [-0.2, 0) is 16.0 Å². The van der Waals surface area contributed by atoms with Gasteiger partial charge in [0.1, 0.15) is 5.78 Å². The van der Waals surface area contributed by atoms with E-state index in [0.29, 0.717) is 12.4 Å². The van der Waals surface area contributed by atoms with Crippen molar-refractivity contribution >= 4 is 5.78 Å². The number of rotatable bonds is 5. The van der Waals surface area contributed by atoms with E-state index in [2.05, 4.69) is 12.1 Å². The van der Waals surface area contributed by atoms with Crippen molar-refractivity contribution < 1.29 is 9.53 Å². The maximum atomic E-state index is 12.1. The number of hydrogen-bond donors (Lipinski definition) is 0. The van der Waals surface area contributed by atoms with Crippen molar-refractivity contribution in [2.75, 3.05) is 13.7 Å². The van der Waals surface area contributed by atoms with Gasteiger partial charge in [-0.1, -0.05) is 31.2 Å². The number of Topliss-reactive ketones (excluding diaryl/α,β-unsaturated/α-hetero) is 1. The first-order chi connectivity index (χ1) is 7.74. The normalized spacial score (nSPS) is 19.8. The molecule has 1 aromatic rings. The van der Waals surface area contributed by atoms with E-state index in [1.165, 1.54) is 11.1 Å². The highest BCUT2D eigenvalue weighted by atomic mass is 16.5. The van der Waals surface area contributed by atoms with Gasteiger partial charge in [-0.2, -0.15) is 0 Å². The van der Waals surface area contributed by atoms with Crippen molar-refractivity contribution in [1.29, 1.82) is 0 Å². The van der Waals surface area contributed by atoms with Crippen molar-refractivity contribution in [2.45, 2.75) is 25.7 Å². The number of carbonyl (C=O) groups is 1. The third-order valence-corrected chi connectivity index (χ3v) is 3.44. The zero-order chi connectivity index (χ0) is 11.5. The van der Waals surface area contributed by atoms with Crippen molar-refractivity contribution in [3.63, 3.8) is 0 Å². The summed E-state index contributed by atoms with van der Waals surface area (Å²) in [6.07, 6.45) is 1.75. The first kappa shape index (κ1) is 11.3. The molecule has 16 heavy (non-hydrogen) atoms. The van der Waals surface area contributed by atoms with Crippen LogP contribution in [0.4, 0.5) is 0 Å². The molecule has 0 saturated heterocycles. The summed E-state index contributed by atoms with van der Waals surface area (Å²) in [5.74, 6) is 0.622. The monoisotopic (exact) mass is 218 g/mol. The Morgan fingerprint density at radius 3 is 2.94 bits per heavy atom. The van der Waals surface area contributed by atoms with Crippen molar-refractivity contribution in [1.82, 2.24) is 0 Å². The molecule has 1 aliphatic carbocycles. The Labute approximate surface area is 96.6 Å². The summed E-state index contributed by atoms with van der Waals surface area (Å²) < 4.78 is 5.01. The van der Waals surface area contributed by atoms with E-state index in [1.807, 2.05) is 19.1 Å². The third-order valence-electron chi connectivity index (χ3n) is 3.44. The van der Waals surface area contributed by atoms with Crippen LogP contribution in [0.25, 0.3) is 0 Å². The van der Waals surface area contributed by atoms with Gasteiger partial charge in [-0.15, -0.1) is 0 Å². The van der Waals surface area contributed by atoms with Gasteiger partial charge in [0.15, 0.2) is 0 Å². The molecule has 0 bridgehead atoms.